The molecule has 2 N–H and O–H groups in total. The number of halogens is 2. The third-order valence-corrected chi connectivity index (χ3v) is 7.62. The highest BCUT2D eigenvalue weighted by Gasteiger charge is 2.20. The van der Waals surface area contributed by atoms with E-state index in [1.165, 1.54) is 24.3 Å². The summed E-state index contributed by atoms with van der Waals surface area (Å²) in [6.45, 7) is 2.53. The normalized spacial score (nSPS) is 11.8. The largest absolute Gasteiger partial charge is 0.473 e. The topological polar surface area (TPSA) is 107 Å². The van der Waals surface area contributed by atoms with Crippen LogP contribution in [-0.4, -0.2) is 38.0 Å². The second-order valence-corrected chi connectivity index (χ2v) is 11.2. The van der Waals surface area contributed by atoms with Gasteiger partial charge in [-0.3, -0.25) is 4.57 Å². The van der Waals surface area contributed by atoms with Gasteiger partial charge in [0, 0.05) is 37.3 Å². The molecule has 0 radical (unpaired) electrons. The van der Waals surface area contributed by atoms with Gasteiger partial charge in [-0.25, -0.2) is 18.7 Å². The molecular formula is C30H28F2N3O5P. The summed E-state index contributed by atoms with van der Waals surface area (Å²) in [5, 5.41) is -0.117. The second kappa shape index (κ2) is 11.9. The van der Waals surface area contributed by atoms with Crippen LogP contribution in [0.2, 0.25) is 0 Å². The fourth-order valence-electron chi connectivity index (χ4n) is 4.51. The molecule has 3 aromatic carbocycles. The Kier molecular flexibility index (Phi) is 8.28. The van der Waals surface area contributed by atoms with E-state index in [1.54, 1.807) is 54.1 Å². The van der Waals surface area contributed by atoms with Crippen molar-refractivity contribution in [2.24, 2.45) is 0 Å². The van der Waals surface area contributed by atoms with Crippen molar-refractivity contribution in [3.63, 3.8) is 0 Å². The number of pyridine rings is 1. The highest BCUT2D eigenvalue weighted by Crippen LogP contribution is 2.34. The van der Waals surface area contributed by atoms with Crippen molar-refractivity contribution in [2.45, 2.75) is 26.5 Å². The van der Waals surface area contributed by atoms with Gasteiger partial charge in [-0.1, -0.05) is 30.3 Å². The number of fused-ring (bicyclic) bond motifs is 1. The van der Waals surface area contributed by atoms with E-state index in [1.807, 2.05) is 13.0 Å². The molecule has 0 aliphatic carbocycles. The summed E-state index contributed by atoms with van der Waals surface area (Å²) < 4.78 is 54.0. The number of methoxy groups -OCH3 is 1. The zero-order chi connectivity index (χ0) is 29.1. The molecule has 0 aliphatic heterocycles. The molecule has 0 fully saturated rings. The van der Waals surface area contributed by atoms with Crippen LogP contribution in [0.5, 0.6) is 5.88 Å². The molecule has 0 bridgehead atoms. The second-order valence-electron chi connectivity index (χ2n) is 9.62. The third kappa shape index (κ3) is 6.52. The maximum absolute atomic E-state index is 15.4. The SMILES string of the molecule is COCCn1c(Cc2ccc(-c3cccc(OCc4ccc(C)cc4F)n3)cc2F)nc2ccc(P(=O)(O)O)cc21. The Labute approximate surface area is 235 Å². The maximum Gasteiger partial charge on any atom is 0.356 e. The monoisotopic (exact) mass is 579 g/mol. The number of imidazole rings is 1. The van der Waals surface area contributed by atoms with E-state index in [-0.39, 0.29) is 30.0 Å². The minimum absolute atomic E-state index is 0.00951. The van der Waals surface area contributed by atoms with Gasteiger partial charge in [-0.15, -0.1) is 0 Å². The van der Waals surface area contributed by atoms with E-state index in [0.717, 1.165) is 5.56 Å². The van der Waals surface area contributed by atoms with Gasteiger partial charge < -0.3 is 23.8 Å². The summed E-state index contributed by atoms with van der Waals surface area (Å²) in [6.07, 6.45) is 0.147. The Bertz CT molecular complexity index is 1770. The van der Waals surface area contributed by atoms with Gasteiger partial charge in [0.25, 0.3) is 0 Å². The zero-order valence-corrected chi connectivity index (χ0v) is 23.3. The van der Waals surface area contributed by atoms with Crippen molar-refractivity contribution in [3.05, 3.63) is 107 Å². The fraction of sp³-hybridized carbons (Fsp3) is 0.200. The molecule has 5 rings (SSSR count). The van der Waals surface area contributed by atoms with E-state index < -0.39 is 13.4 Å². The Balaban J connectivity index is 1.38. The van der Waals surface area contributed by atoms with Crippen molar-refractivity contribution in [3.8, 4) is 17.1 Å². The van der Waals surface area contributed by atoms with E-state index in [9.17, 15) is 18.7 Å². The summed E-state index contributed by atoms with van der Waals surface area (Å²) in [4.78, 5) is 28.3. The fourth-order valence-corrected chi connectivity index (χ4v) is 5.07. The van der Waals surface area contributed by atoms with Gasteiger partial charge in [-0.2, -0.15) is 0 Å². The number of benzene rings is 3. The summed E-state index contributed by atoms with van der Waals surface area (Å²) in [5.74, 6) is 0.00677. The van der Waals surface area contributed by atoms with Crippen LogP contribution in [0, 0.1) is 18.6 Å². The third-order valence-electron chi connectivity index (χ3n) is 6.67. The smallest absolute Gasteiger partial charge is 0.356 e. The van der Waals surface area contributed by atoms with Gasteiger partial charge in [0.15, 0.2) is 0 Å². The zero-order valence-electron chi connectivity index (χ0n) is 22.4. The van der Waals surface area contributed by atoms with Crippen molar-refractivity contribution in [1.82, 2.24) is 14.5 Å². The molecule has 11 heteroatoms. The molecule has 41 heavy (non-hydrogen) atoms. The molecule has 0 saturated carbocycles. The van der Waals surface area contributed by atoms with E-state index in [4.69, 9.17) is 9.47 Å². The Morgan fingerprint density at radius 2 is 1.71 bits per heavy atom. The predicted octanol–water partition coefficient (Wildman–Crippen LogP) is 5.30. The number of rotatable bonds is 10. The van der Waals surface area contributed by atoms with Crippen LogP contribution in [0.15, 0.2) is 72.8 Å². The first-order valence-corrected chi connectivity index (χ1v) is 14.4. The molecule has 0 atom stereocenters. The minimum Gasteiger partial charge on any atom is -0.473 e. The first-order valence-electron chi connectivity index (χ1n) is 12.8. The summed E-state index contributed by atoms with van der Waals surface area (Å²) in [7, 11) is -2.91. The van der Waals surface area contributed by atoms with Gasteiger partial charge in [-0.05, 0) is 54.4 Å². The minimum atomic E-state index is -4.46. The molecule has 0 amide bonds. The summed E-state index contributed by atoms with van der Waals surface area (Å²) in [6, 6.07) is 19.1. The molecule has 2 aromatic heterocycles. The lowest BCUT2D eigenvalue weighted by molar-refractivity contribution is 0.187. The number of ether oxygens (including phenoxy) is 2. The molecule has 0 aliphatic rings. The lowest BCUT2D eigenvalue weighted by Crippen LogP contribution is -2.11. The van der Waals surface area contributed by atoms with Crippen molar-refractivity contribution < 1.29 is 32.6 Å². The van der Waals surface area contributed by atoms with Gasteiger partial charge in [0.1, 0.15) is 24.1 Å². The van der Waals surface area contributed by atoms with E-state index >= 15 is 4.39 Å². The van der Waals surface area contributed by atoms with Crippen LogP contribution in [-0.2, 0) is 28.9 Å². The van der Waals surface area contributed by atoms with Crippen molar-refractivity contribution in [2.75, 3.05) is 13.7 Å². The Morgan fingerprint density at radius 3 is 2.44 bits per heavy atom. The highest BCUT2D eigenvalue weighted by atomic mass is 31.2. The molecule has 5 aromatic rings. The molecule has 0 unspecified atom stereocenters. The average Bonchev–Trinajstić information content (AvgIpc) is 3.28. The van der Waals surface area contributed by atoms with E-state index in [0.29, 0.717) is 52.4 Å². The number of aryl methyl sites for hydroxylation is 1. The Hall–Kier alpha value is -3.95. The number of nitrogens with zero attached hydrogens (tertiary/aromatic N) is 3. The maximum atomic E-state index is 15.4. The molecule has 212 valence electrons. The van der Waals surface area contributed by atoms with Crippen LogP contribution in [0.25, 0.3) is 22.3 Å². The summed E-state index contributed by atoms with van der Waals surface area (Å²) >= 11 is 0. The molecule has 0 spiro atoms. The van der Waals surface area contributed by atoms with Crippen molar-refractivity contribution >= 4 is 23.9 Å². The van der Waals surface area contributed by atoms with Crippen LogP contribution in [0.4, 0.5) is 8.78 Å². The average molecular weight is 580 g/mol. The number of hydrogen-bond acceptors (Lipinski definition) is 5. The van der Waals surface area contributed by atoms with Crippen LogP contribution < -0.4 is 10.0 Å². The predicted molar refractivity (Wildman–Crippen MR) is 151 cm³/mol. The molecule has 8 nitrogen and oxygen atoms in total. The van der Waals surface area contributed by atoms with Gasteiger partial charge >= 0.3 is 7.60 Å². The number of aromatic nitrogens is 3. The summed E-state index contributed by atoms with van der Waals surface area (Å²) in [5.41, 5.74) is 3.72. The van der Waals surface area contributed by atoms with Crippen molar-refractivity contribution in [1.29, 1.82) is 0 Å². The Morgan fingerprint density at radius 1 is 0.927 bits per heavy atom. The first-order chi connectivity index (χ1) is 19.6. The number of hydrogen-bond donors (Lipinski definition) is 2. The molecular weight excluding hydrogens is 551 g/mol. The quantitative estimate of drug-likeness (QED) is 0.216. The lowest BCUT2D eigenvalue weighted by Gasteiger charge is -2.11. The lowest BCUT2D eigenvalue weighted by atomic mass is 10.1. The van der Waals surface area contributed by atoms with Gasteiger partial charge in [0.2, 0.25) is 5.88 Å². The van der Waals surface area contributed by atoms with Gasteiger partial charge in [0.05, 0.1) is 28.6 Å². The van der Waals surface area contributed by atoms with Crippen LogP contribution in [0.3, 0.4) is 0 Å². The van der Waals surface area contributed by atoms with Crippen LogP contribution in [0.1, 0.15) is 22.5 Å². The highest BCUT2D eigenvalue weighted by molar-refractivity contribution is 7.60. The first kappa shape index (κ1) is 28.6. The standard InChI is InChI=1S/C30H28F2N3O5P/c1-19-6-7-22(24(31)14-19)18-40-30-5-3-4-26(34-30)21-9-8-20(25(32)15-21)16-29-33-27-11-10-23(41(36,37)38)17-28(27)35(29)12-13-39-2/h3-11,14-15,17H,12-13,16,18H2,1-2H3,(H2,36,37,38). The molecule has 0 saturated heterocycles. The van der Waals surface area contributed by atoms with E-state index in [2.05, 4.69) is 9.97 Å². The molecule has 2 heterocycles. The van der Waals surface area contributed by atoms with Crippen LogP contribution >= 0.6 is 7.60 Å².